The number of carbonyl (C=O) groups excluding carboxylic acids is 2. The van der Waals surface area contributed by atoms with Crippen molar-refractivity contribution in [3.8, 4) is 0 Å². The van der Waals surface area contributed by atoms with E-state index in [9.17, 15) is 19.0 Å². The highest BCUT2D eigenvalue weighted by molar-refractivity contribution is 7.47. The van der Waals surface area contributed by atoms with Gasteiger partial charge in [0.05, 0.1) is 13.2 Å². The largest absolute Gasteiger partial charge is 0.472 e. The van der Waals surface area contributed by atoms with Gasteiger partial charge in [0.15, 0.2) is 6.10 Å². The molecule has 0 saturated heterocycles. The normalized spacial score (nSPS) is 13.6. The van der Waals surface area contributed by atoms with Crippen molar-refractivity contribution in [2.45, 2.75) is 200 Å². The second-order valence-electron chi connectivity index (χ2n) is 13.3. The molecule has 2 unspecified atom stereocenters. The lowest BCUT2D eigenvalue weighted by molar-refractivity contribution is -0.161. The van der Waals surface area contributed by atoms with Crippen LogP contribution in [0, 0.1) is 0 Å². The van der Waals surface area contributed by atoms with Gasteiger partial charge in [0, 0.05) is 12.8 Å². The molecule has 1 N–H and O–H groups in total. The number of esters is 2. The Bertz CT molecular complexity index is 859. The smallest absolute Gasteiger partial charge is 0.462 e. The summed E-state index contributed by atoms with van der Waals surface area (Å²) < 4.78 is 32.5. The summed E-state index contributed by atoms with van der Waals surface area (Å²) in [5.74, 6) is -0.815. The molecule has 0 aromatic carbocycles. The first-order valence-corrected chi connectivity index (χ1v) is 21.6. The van der Waals surface area contributed by atoms with Crippen molar-refractivity contribution >= 4 is 19.8 Å². The SMILES string of the molecule is CCCCCC/C=C\CCCCCCCC(=O)OCC(COP(=O)(O)OCC)OC(=O)CCCCCCC/C=C\CCCCCCCCC. The van der Waals surface area contributed by atoms with Gasteiger partial charge in [-0.1, -0.05) is 134 Å². The fourth-order valence-corrected chi connectivity index (χ4v) is 6.26. The van der Waals surface area contributed by atoms with Crippen LogP contribution in [0.5, 0.6) is 0 Å². The van der Waals surface area contributed by atoms with E-state index in [1.165, 1.54) is 83.5 Å². The monoisotopic (exact) mass is 715 g/mol. The molecule has 9 heteroatoms. The van der Waals surface area contributed by atoms with Gasteiger partial charge in [0.1, 0.15) is 6.61 Å². The summed E-state index contributed by atoms with van der Waals surface area (Å²) in [5, 5.41) is 0. The average Bonchev–Trinajstić information content (AvgIpc) is 3.07. The summed E-state index contributed by atoms with van der Waals surface area (Å²) in [4.78, 5) is 34.6. The highest BCUT2D eigenvalue weighted by Crippen LogP contribution is 2.43. The molecule has 0 heterocycles. The fraction of sp³-hybridized carbons (Fsp3) is 0.850. The van der Waals surface area contributed by atoms with E-state index in [2.05, 4.69) is 38.2 Å². The van der Waals surface area contributed by atoms with Gasteiger partial charge < -0.3 is 14.4 Å². The number of allylic oxidation sites excluding steroid dienone is 4. The molecule has 0 aliphatic heterocycles. The number of phosphoric acid groups is 1. The second-order valence-corrected chi connectivity index (χ2v) is 14.7. The standard InChI is InChI=1S/C40H75O8P/c1-4-7-9-11-13-15-17-19-20-21-23-25-27-29-31-33-35-40(42)48-38(37-47-49(43,44)46-6-3)36-45-39(41)34-32-30-28-26-24-22-18-16-14-12-10-8-5-2/h16,18,20-21,38H,4-15,17,19,22-37H2,1-3H3,(H,43,44)/b18-16-,21-20-. The fourth-order valence-electron chi connectivity index (χ4n) is 5.50. The topological polar surface area (TPSA) is 108 Å². The van der Waals surface area contributed by atoms with Crippen molar-refractivity contribution in [2.75, 3.05) is 19.8 Å². The van der Waals surface area contributed by atoms with Crippen LogP contribution in [0.15, 0.2) is 24.3 Å². The third kappa shape index (κ3) is 36.1. The third-order valence-electron chi connectivity index (χ3n) is 8.48. The molecular weight excluding hydrogens is 639 g/mol. The molecule has 0 fully saturated rings. The Morgan fingerprint density at radius 3 is 1.37 bits per heavy atom. The van der Waals surface area contributed by atoms with E-state index in [1.807, 2.05) is 0 Å². The molecule has 0 rings (SSSR count). The van der Waals surface area contributed by atoms with E-state index >= 15 is 0 Å². The van der Waals surface area contributed by atoms with Crippen molar-refractivity contribution in [1.82, 2.24) is 0 Å². The molecule has 0 amide bonds. The Labute approximate surface area is 301 Å². The Kier molecular flexibility index (Phi) is 35.2. The van der Waals surface area contributed by atoms with Crippen molar-refractivity contribution in [3.63, 3.8) is 0 Å². The minimum Gasteiger partial charge on any atom is -0.462 e. The van der Waals surface area contributed by atoms with Crippen LogP contribution in [-0.4, -0.2) is 42.8 Å². The van der Waals surface area contributed by atoms with Crippen molar-refractivity contribution in [1.29, 1.82) is 0 Å². The van der Waals surface area contributed by atoms with E-state index in [-0.39, 0.29) is 32.0 Å². The maximum absolute atomic E-state index is 12.5. The van der Waals surface area contributed by atoms with E-state index < -0.39 is 26.5 Å². The number of phosphoric ester groups is 1. The number of hydrogen-bond donors (Lipinski definition) is 1. The average molecular weight is 715 g/mol. The second kappa shape index (κ2) is 36.3. The zero-order valence-electron chi connectivity index (χ0n) is 31.9. The van der Waals surface area contributed by atoms with Crippen LogP contribution in [0.2, 0.25) is 0 Å². The third-order valence-corrected chi connectivity index (χ3v) is 9.54. The molecule has 2 atom stereocenters. The summed E-state index contributed by atoms with van der Waals surface area (Å²) in [5.41, 5.74) is 0. The Morgan fingerprint density at radius 2 is 0.918 bits per heavy atom. The van der Waals surface area contributed by atoms with Gasteiger partial charge in [0.2, 0.25) is 0 Å². The molecule has 0 aliphatic rings. The van der Waals surface area contributed by atoms with Gasteiger partial charge in [-0.05, 0) is 71.1 Å². The number of rotatable bonds is 37. The predicted molar refractivity (Wildman–Crippen MR) is 203 cm³/mol. The van der Waals surface area contributed by atoms with Gasteiger partial charge >= 0.3 is 19.8 Å². The number of ether oxygens (including phenoxy) is 2. The lowest BCUT2D eigenvalue weighted by Gasteiger charge is -2.19. The zero-order chi connectivity index (χ0) is 36.1. The van der Waals surface area contributed by atoms with E-state index in [0.29, 0.717) is 6.42 Å². The summed E-state index contributed by atoms with van der Waals surface area (Å²) in [6.45, 7) is 5.44. The summed E-state index contributed by atoms with van der Waals surface area (Å²) in [7, 11) is -4.28. The first-order valence-electron chi connectivity index (χ1n) is 20.1. The number of carbonyl (C=O) groups is 2. The molecule has 49 heavy (non-hydrogen) atoms. The Hall–Kier alpha value is -1.47. The molecule has 0 aromatic rings. The molecule has 8 nitrogen and oxygen atoms in total. The van der Waals surface area contributed by atoms with Crippen LogP contribution >= 0.6 is 7.82 Å². The summed E-state index contributed by atoms with van der Waals surface area (Å²) in [6.07, 6.45) is 38.0. The van der Waals surface area contributed by atoms with E-state index in [0.717, 1.165) is 70.6 Å². The first-order chi connectivity index (χ1) is 23.8. The molecule has 288 valence electrons. The molecular formula is C40H75O8P. The van der Waals surface area contributed by atoms with Crippen LogP contribution in [0.4, 0.5) is 0 Å². The van der Waals surface area contributed by atoms with Crippen molar-refractivity contribution < 1.29 is 37.6 Å². The molecule has 0 aromatic heterocycles. The quantitative estimate of drug-likeness (QED) is 0.0293. The van der Waals surface area contributed by atoms with Crippen molar-refractivity contribution in [2.24, 2.45) is 0 Å². The first kappa shape index (κ1) is 47.5. The van der Waals surface area contributed by atoms with Gasteiger partial charge in [-0.25, -0.2) is 4.57 Å². The van der Waals surface area contributed by atoms with E-state index in [1.54, 1.807) is 6.92 Å². The highest BCUT2D eigenvalue weighted by Gasteiger charge is 2.25. The number of hydrogen-bond acceptors (Lipinski definition) is 7. The zero-order valence-corrected chi connectivity index (χ0v) is 32.7. The predicted octanol–water partition coefficient (Wildman–Crippen LogP) is 12.3. The highest BCUT2D eigenvalue weighted by atomic mass is 31.2. The van der Waals surface area contributed by atoms with Crippen LogP contribution in [0.1, 0.15) is 194 Å². The van der Waals surface area contributed by atoms with Gasteiger partial charge in [0.25, 0.3) is 0 Å². The lowest BCUT2D eigenvalue weighted by Crippen LogP contribution is -2.29. The maximum atomic E-state index is 12.5. The van der Waals surface area contributed by atoms with Crippen LogP contribution < -0.4 is 0 Å². The van der Waals surface area contributed by atoms with Gasteiger partial charge in [-0.15, -0.1) is 0 Å². The van der Waals surface area contributed by atoms with Crippen LogP contribution in [0.25, 0.3) is 0 Å². The minimum absolute atomic E-state index is 0.00140. The van der Waals surface area contributed by atoms with Gasteiger partial charge in [-0.2, -0.15) is 0 Å². The molecule has 0 spiro atoms. The Morgan fingerprint density at radius 1 is 0.531 bits per heavy atom. The molecule has 0 aliphatic carbocycles. The lowest BCUT2D eigenvalue weighted by atomic mass is 10.1. The van der Waals surface area contributed by atoms with Crippen LogP contribution in [0.3, 0.4) is 0 Å². The minimum atomic E-state index is -4.28. The van der Waals surface area contributed by atoms with E-state index in [4.69, 9.17) is 18.5 Å². The number of unbranched alkanes of at least 4 members (excludes halogenated alkanes) is 21. The summed E-state index contributed by atoms with van der Waals surface area (Å²) >= 11 is 0. The molecule has 0 saturated carbocycles. The maximum Gasteiger partial charge on any atom is 0.472 e. The molecule has 0 bridgehead atoms. The van der Waals surface area contributed by atoms with Crippen LogP contribution in [-0.2, 0) is 32.7 Å². The van der Waals surface area contributed by atoms with Gasteiger partial charge in [-0.3, -0.25) is 18.6 Å². The van der Waals surface area contributed by atoms with Crippen molar-refractivity contribution in [3.05, 3.63) is 24.3 Å². The Balaban J connectivity index is 4.14. The molecule has 0 radical (unpaired) electrons. The summed E-state index contributed by atoms with van der Waals surface area (Å²) in [6, 6.07) is 0.